The first kappa shape index (κ1) is 23.4. The van der Waals surface area contributed by atoms with Crippen molar-refractivity contribution in [3.63, 3.8) is 0 Å². The van der Waals surface area contributed by atoms with E-state index >= 15 is 0 Å². The first-order valence-electron chi connectivity index (χ1n) is 10.3. The zero-order valence-corrected chi connectivity index (χ0v) is 19.6. The van der Waals surface area contributed by atoms with Crippen LogP contribution in [0.2, 0.25) is 10.0 Å². The van der Waals surface area contributed by atoms with Crippen LogP contribution in [0.5, 0.6) is 0 Å². The highest BCUT2D eigenvalue weighted by atomic mass is 35.5. The quantitative estimate of drug-likeness (QED) is 0.440. The molecular weight excluding hydrogens is 467 g/mol. The number of hydrogen-bond acceptors (Lipinski definition) is 3. The average molecular weight is 491 g/mol. The van der Waals surface area contributed by atoms with Crippen molar-refractivity contribution < 1.29 is 13.9 Å². The van der Waals surface area contributed by atoms with Gasteiger partial charge in [0.1, 0.15) is 0 Å². The predicted octanol–water partition coefficient (Wildman–Crippen LogP) is 4.90. The van der Waals surface area contributed by atoms with E-state index in [0.29, 0.717) is 29.7 Å². The van der Waals surface area contributed by atoms with Crippen molar-refractivity contribution in [3.8, 4) is 0 Å². The SMILES string of the molecule is O=S(O)N(Cc1cccc(CO)c1)C1CN(C(c2ccc(Cl)cc2)c2ccc(Cl)cc2)C1. The van der Waals surface area contributed by atoms with Gasteiger partial charge in [0.25, 0.3) is 0 Å². The van der Waals surface area contributed by atoms with Crippen molar-refractivity contribution in [2.24, 2.45) is 0 Å². The maximum absolute atomic E-state index is 12.1. The third-order valence-electron chi connectivity index (χ3n) is 5.75. The summed E-state index contributed by atoms with van der Waals surface area (Å²) in [4.78, 5) is 2.28. The molecule has 5 nitrogen and oxygen atoms in total. The van der Waals surface area contributed by atoms with Crippen LogP contribution in [0.3, 0.4) is 0 Å². The van der Waals surface area contributed by atoms with Gasteiger partial charge in [-0.25, -0.2) is 4.21 Å². The second-order valence-corrected chi connectivity index (χ2v) is 9.70. The lowest BCUT2D eigenvalue weighted by Crippen LogP contribution is -2.60. The number of nitrogens with zero attached hydrogens (tertiary/aromatic N) is 2. The number of rotatable bonds is 8. The molecule has 1 aliphatic heterocycles. The van der Waals surface area contributed by atoms with Gasteiger partial charge in [0, 0.05) is 29.7 Å². The fourth-order valence-corrected chi connectivity index (χ4v) is 5.00. The zero-order valence-electron chi connectivity index (χ0n) is 17.3. The van der Waals surface area contributed by atoms with Crippen LogP contribution < -0.4 is 0 Å². The van der Waals surface area contributed by atoms with Crippen molar-refractivity contribution in [1.29, 1.82) is 0 Å². The number of likely N-dealkylation sites (tertiary alicyclic amines) is 1. The van der Waals surface area contributed by atoms with E-state index in [2.05, 4.69) is 4.90 Å². The molecule has 32 heavy (non-hydrogen) atoms. The Labute approximate surface area is 200 Å². The van der Waals surface area contributed by atoms with Gasteiger partial charge in [0.05, 0.1) is 18.7 Å². The number of aliphatic hydroxyl groups excluding tert-OH is 1. The molecule has 8 heteroatoms. The summed E-state index contributed by atoms with van der Waals surface area (Å²) in [7, 11) is 0. The van der Waals surface area contributed by atoms with Crippen LogP contribution in [0.4, 0.5) is 0 Å². The van der Waals surface area contributed by atoms with Gasteiger partial charge in [-0.2, -0.15) is 4.31 Å². The Morgan fingerprint density at radius 2 is 1.47 bits per heavy atom. The van der Waals surface area contributed by atoms with E-state index in [4.69, 9.17) is 23.2 Å². The van der Waals surface area contributed by atoms with E-state index in [1.54, 1.807) is 4.31 Å². The highest BCUT2D eigenvalue weighted by Gasteiger charge is 2.39. The minimum Gasteiger partial charge on any atom is -0.392 e. The Morgan fingerprint density at radius 3 is 1.97 bits per heavy atom. The van der Waals surface area contributed by atoms with Crippen molar-refractivity contribution >= 4 is 34.5 Å². The summed E-state index contributed by atoms with van der Waals surface area (Å²) in [5, 5.41) is 10.7. The number of aliphatic hydroxyl groups is 1. The van der Waals surface area contributed by atoms with Gasteiger partial charge in [0.15, 0.2) is 0 Å². The summed E-state index contributed by atoms with van der Waals surface area (Å²) < 4.78 is 23.7. The highest BCUT2D eigenvalue weighted by molar-refractivity contribution is 7.76. The topological polar surface area (TPSA) is 64.0 Å². The Morgan fingerprint density at radius 1 is 0.938 bits per heavy atom. The summed E-state index contributed by atoms with van der Waals surface area (Å²) in [6.07, 6.45) is 0. The molecule has 0 saturated carbocycles. The molecule has 2 N–H and O–H groups in total. The average Bonchev–Trinajstić information content (AvgIpc) is 2.76. The van der Waals surface area contributed by atoms with Crippen LogP contribution in [-0.2, 0) is 24.4 Å². The molecule has 0 aliphatic carbocycles. The molecule has 0 amide bonds. The molecule has 168 valence electrons. The Kier molecular flexibility index (Phi) is 7.63. The molecule has 1 unspecified atom stereocenters. The van der Waals surface area contributed by atoms with Crippen LogP contribution >= 0.6 is 23.2 Å². The molecular formula is C24H24Cl2N2O3S. The van der Waals surface area contributed by atoms with Crippen LogP contribution in [0.1, 0.15) is 28.3 Å². The van der Waals surface area contributed by atoms with E-state index in [-0.39, 0.29) is 18.7 Å². The van der Waals surface area contributed by atoms with E-state index < -0.39 is 11.3 Å². The largest absolute Gasteiger partial charge is 0.392 e. The maximum atomic E-state index is 12.1. The van der Waals surface area contributed by atoms with E-state index in [1.165, 1.54) is 0 Å². The first-order valence-corrected chi connectivity index (χ1v) is 12.1. The summed E-state index contributed by atoms with van der Waals surface area (Å²) in [5.41, 5.74) is 3.88. The summed E-state index contributed by atoms with van der Waals surface area (Å²) in [6, 6.07) is 22.9. The number of benzene rings is 3. The lowest BCUT2D eigenvalue weighted by Gasteiger charge is -2.47. The third-order valence-corrected chi connectivity index (χ3v) is 7.08. The molecule has 3 aromatic carbocycles. The van der Waals surface area contributed by atoms with Gasteiger partial charge in [-0.15, -0.1) is 0 Å². The summed E-state index contributed by atoms with van der Waals surface area (Å²) in [5.74, 6) is 0. The van der Waals surface area contributed by atoms with Gasteiger partial charge >= 0.3 is 0 Å². The van der Waals surface area contributed by atoms with Crippen molar-refractivity contribution in [1.82, 2.24) is 9.21 Å². The summed E-state index contributed by atoms with van der Waals surface area (Å²) in [6.45, 7) is 1.56. The Bertz CT molecular complexity index is 1030. The molecule has 0 bridgehead atoms. The fourth-order valence-electron chi connectivity index (χ4n) is 4.10. The van der Waals surface area contributed by atoms with Crippen LogP contribution in [0.25, 0.3) is 0 Å². The van der Waals surface area contributed by atoms with Gasteiger partial charge in [0.2, 0.25) is 11.3 Å². The van der Waals surface area contributed by atoms with Crippen LogP contribution in [0.15, 0.2) is 72.8 Å². The van der Waals surface area contributed by atoms with Crippen molar-refractivity contribution in [3.05, 3.63) is 105 Å². The molecule has 3 aromatic rings. The van der Waals surface area contributed by atoms with Gasteiger partial charge in [-0.05, 0) is 46.5 Å². The third kappa shape index (κ3) is 5.41. The minimum absolute atomic E-state index is 0.00696. The molecule has 1 aliphatic rings. The Hall–Kier alpha value is -1.77. The minimum atomic E-state index is -2.11. The molecule has 0 aromatic heterocycles. The Balaban J connectivity index is 1.53. The van der Waals surface area contributed by atoms with E-state index in [0.717, 1.165) is 22.3 Å². The molecule has 0 radical (unpaired) electrons. The van der Waals surface area contributed by atoms with Crippen molar-refractivity contribution in [2.45, 2.75) is 25.2 Å². The molecule has 1 fully saturated rings. The lowest BCUT2D eigenvalue weighted by atomic mass is 9.93. The predicted molar refractivity (Wildman–Crippen MR) is 129 cm³/mol. The second-order valence-electron chi connectivity index (χ2n) is 7.90. The maximum Gasteiger partial charge on any atom is 0.235 e. The standard InChI is InChI=1S/C24H24Cl2N2O3S/c25-21-8-4-19(5-9-21)24(20-6-10-22(26)11-7-20)27-14-23(15-27)28(32(30)31)13-17-2-1-3-18(12-17)16-29/h1-12,23-24,29H,13-16H2,(H,30,31). The van der Waals surface area contributed by atoms with E-state index in [9.17, 15) is 13.9 Å². The van der Waals surface area contributed by atoms with Gasteiger partial charge < -0.3 is 5.11 Å². The molecule has 4 rings (SSSR count). The molecule has 1 saturated heterocycles. The van der Waals surface area contributed by atoms with Crippen molar-refractivity contribution in [2.75, 3.05) is 13.1 Å². The number of hydrogen-bond donors (Lipinski definition) is 2. The van der Waals surface area contributed by atoms with Gasteiger partial charge in [-0.1, -0.05) is 71.7 Å². The normalized spacial score (nSPS) is 15.8. The smallest absolute Gasteiger partial charge is 0.235 e. The molecule has 1 atom stereocenters. The summed E-state index contributed by atoms with van der Waals surface area (Å²) >= 11 is 10.1. The van der Waals surface area contributed by atoms with Gasteiger partial charge in [-0.3, -0.25) is 9.45 Å². The lowest BCUT2D eigenvalue weighted by molar-refractivity contribution is 0.0498. The van der Waals surface area contributed by atoms with E-state index in [1.807, 2.05) is 72.8 Å². The monoisotopic (exact) mass is 490 g/mol. The zero-order chi connectivity index (χ0) is 22.7. The fraction of sp³-hybridized carbons (Fsp3) is 0.250. The number of halogens is 2. The van der Waals surface area contributed by atoms with Crippen LogP contribution in [0, 0.1) is 0 Å². The van der Waals surface area contributed by atoms with Crippen LogP contribution in [-0.4, -0.2) is 42.2 Å². The highest BCUT2D eigenvalue weighted by Crippen LogP contribution is 2.35. The molecule has 0 spiro atoms. The second kappa shape index (κ2) is 10.4. The first-order chi connectivity index (χ1) is 15.4. The molecule has 1 heterocycles.